The van der Waals surface area contributed by atoms with Crippen LogP contribution in [-0.2, 0) is 19.1 Å². The van der Waals surface area contributed by atoms with Crippen LogP contribution in [-0.4, -0.2) is 36.9 Å². The molecule has 0 rings (SSSR count). The van der Waals surface area contributed by atoms with Gasteiger partial charge in [0, 0.05) is 12.2 Å². The predicted molar refractivity (Wildman–Crippen MR) is 53.0 cm³/mol. The highest BCUT2D eigenvalue weighted by atomic mass is 16.5. The van der Waals surface area contributed by atoms with E-state index in [1.807, 2.05) is 13.8 Å². The summed E-state index contributed by atoms with van der Waals surface area (Å²) in [5.41, 5.74) is 0. The van der Waals surface area contributed by atoms with Gasteiger partial charge in [-0.05, 0) is 5.92 Å². The molecule has 0 aromatic carbocycles. The van der Waals surface area contributed by atoms with Crippen LogP contribution in [0.1, 0.15) is 13.8 Å². The molecule has 0 aromatic rings. The quantitative estimate of drug-likeness (QED) is 0.510. The Morgan fingerprint density at radius 3 is 2.20 bits per heavy atom. The van der Waals surface area contributed by atoms with Gasteiger partial charge in [-0.25, -0.2) is 9.59 Å². The minimum atomic E-state index is -0.675. The molecule has 0 atom stereocenters. The van der Waals surface area contributed by atoms with Crippen LogP contribution in [0, 0.1) is 5.92 Å². The SMILES string of the molecule is CC(C)COC(=O)C=CC(=O)OCCO. The molecule has 0 aromatic heterocycles. The molecule has 0 saturated carbocycles. The fourth-order valence-electron chi connectivity index (χ4n) is 0.627. The monoisotopic (exact) mass is 216 g/mol. The summed E-state index contributed by atoms with van der Waals surface area (Å²) in [7, 11) is 0. The van der Waals surface area contributed by atoms with E-state index in [1.54, 1.807) is 0 Å². The molecule has 0 unspecified atom stereocenters. The molecule has 0 aliphatic heterocycles. The van der Waals surface area contributed by atoms with Crippen molar-refractivity contribution >= 4 is 11.9 Å². The zero-order valence-corrected chi connectivity index (χ0v) is 8.93. The van der Waals surface area contributed by atoms with Gasteiger partial charge < -0.3 is 14.6 Å². The maximum Gasteiger partial charge on any atom is 0.331 e. The van der Waals surface area contributed by atoms with Crippen molar-refractivity contribution in [2.75, 3.05) is 19.8 Å². The molecule has 15 heavy (non-hydrogen) atoms. The van der Waals surface area contributed by atoms with Gasteiger partial charge >= 0.3 is 11.9 Å². The van der Waals surface area contributed by atoms with Crippen LogP contribution in [0.15, 0.2) is 12.2 Å². The number of carbonyl (C=O) groups excluding carboxylic acids is 2. The van der Waals surface area contributed by atoms with Crippen LogP contribution in [0.5, 0.6) is 0 Å². The van der Waals surface area contributed by atoms with Gasteiger partial charge in [-0.1, -0.05) is 13.8 Å². The Labute approximate surface area is 88.7 Å². The summed E-state index contributed by atoms with van der Waals surface area (Å²) in [5.74, 6) is -1.00. The first-order valence-electron chi connectivity index (χ1n) is 4.68. The van der Waals surface area contributed by atoms with Crippen molar-refractivity contribution in [1.82, 2.24) is 0 Å². The fraction of sp³-hybridized carbons (Fsp3) is 0.600. The van der Waals surface area contributed by atoms with Crippen molar-refractivity contribution in [1.29, 1.82) is 0 Å². The summed E-state index contributed by atoms with van der Waals surface area (Å²) in [6, 6.07) is 0. The number of aliphatic hydroxyl groups is 1. The van der Waals surface area contributed by atoms with Crippen LogP contribution in [0.3, 0.4) is 0 Å². The van der Waals surface area contributed by atoms with Gasteiger partial charge in [-0.2, -0.15) is 0 Å². The van der Waals surface area contributed by atoms with Crippen molar-refractivity contribution in [3.8, 4) is 0 Å². The number of aliphatic hydroxyl groups excluding tert-OH is 1. The minimum absolute atomic E-state index is 0.0792. The molecule has 5 nitrogen and oxygen atoms in total. The first-order chi connectivity index (χ1) is 7.06. The molecule has 0 saturated heterocycles. The van der Waals surface area contributed by atoms with Gasteiger partial charge in [-0.3, -0.25) is 0 Å². The zero-order chi connectivity index (χ0) is 11.7. The predicted octanol–water partition coefficient (Wildman–Crippen LogP) is 0.277. The molecule has 0 aliphatic rings. The summed E-state index contributed by atoms with van der Waals surface area (Å²) in [4.78, 5) is 21.8. The molecular formula is C10H16O5. The molecule has 0 amide bonds. The van der Waals surface area contributed by atoms with Crippen molar-refractivity contribution in [2.45, 2.75) is 13.8 Å². The molecule has 0 radical (unpaired) electrons. The van der Waals surface area contributed by atoms with E-state index in [-0.39, 0.29) is 19.1 Å². The lowest BCUT2D eigenvalue weighted by Gasteiger charge is -2.03. The van der Waals surface area contributed by atoms with Crippen molar-refractivity contribution in [3.63, 3.8) is 0 Å². The second-order valence-electron chi connectivity index (χ2n) is 3.25. The average Bonchev–Trinajstić information content (AvgIpc) is 2.20. The smallest absolute Gasteiger partial charge is 0.331 e. The number of carbonyl (C=O) groups is 2. The average molecular weight is 216 g/mol. The third-order valence-electron chi connectivity index (χ3n) is 1.25. The van der Waals surface area contributed by atoms with E-state index in [0.717, 1.165) is 12.2 Å². The lowest BCUT2D eigenvalue weighted by molar-refractivity contribution is -0.141. The highest BCUT2D eigenvalue weighted by Crippen LogP contribution is 1.93. The number of esters is 2. The van der Waals surface area contributed by atoms with Gasteiger partial charge in [0.15, 0.2) is 0 Å². The van der Waals surface area contributed by atoms with Crippen molar-refractivity contribution < 1.29 is 24.2 Å². The topological polar surface area (TPSA) is 72.8 Å². The van der Waals surface area contributed by atoms with Gasteiger partial charge in [-0.15, -0.1) is 0 Å². The summed E-state index contributed by atoms with van der Waals surface area (Å²) < 4.78 is 9.26. The van der Waals surface area contributed by atoms with Gasteiger partial charge in [0.2, 0.25) is 0 Å². The molecule has 86 valence electrons. The van der Waals surface area contributed by atoms with E-state index < -0.39 is 11.9 Å². The molecule has 1 N–H and O–H groups in total. The van der Waals surface area contributed by atoms with E-state index >= 15 is 0 Å². The molecular weight excluding hydrogens is 200 g/mol. The van der Waals surface area contributed by atoms with Gasteiger partial charge in [0.25, 0.3) is 0 Å². The molecule has 5 heteroatoms. The number of hydrogen-bond donors (Lipinski definition) is 1. The highest BCUT2D eigenvalue weighted by molar-refractivity contribution is 5.91. The van der Waals surface area contributed by atoms with Gasteiger partial charge in [0.1, 0.15) is 6.61 Å². The molecule has 0 bridgehead atoms. The second kappa shape index (κ2) is 7.99. The maximum absolute atomic E-state index is 11.0. The first-order valence-corrected chi connectivity index (χ1v) is 4.68. The lowest BCUT2D eigenvalue weighted by Crippen LogP contribution is -2.09. The third-order valence-corrected chi connectivity index (χ3v) is 1.25. The summed E-state index contributed by atoms with van der Waals surface area (Å²) in [5, 5.41) is 8.34. The van der Waals surface area contributed by atoms with Crippen LogP contribution in [0.4, 0.5) is 0 Å². The standard InChI is InChI=1S/C10H16O5/c1-8(2)7-15-10(13)4-3-9(12)14-6-5-11/h3-4,8,11H,5-7H2,1-2H3. The van der Waals surface area contributed by atoms with Crippen LogP contribution < -0.4 is 0 Å². The Kier molecular flexibility index (Phi) is 7.27. The van der Waals surface area contributed by atoms with E-state index in [9.17, 15) is 9.59 Å². The highest BCUT2D eigenvalue weighted by Gasteiger charge is 2.01. The summed E-state index contributed by atoms with van der Waals surface area (Å²) in [6.07, 6.45) is 1.97. The van der Waals surface area contributed by atoms with E-state index in [2.05, 4.69) is 4.74 Å². The molecule has 0 aliphatic carbocycles. The summed E-state index contributed by atoms with van der Waals surface area (Å²) in [6.45, 7) is 3.81. The van der Waals surface area contributed by atoms with Crippen LogP contribution >= 0.6 is 0 Å². The Morgan fingerprint density at radius 2 is 1.73 bits per heavy atom. The van der Waals surface area contributed by atoms with Crippen LogP contribution in [0.2, 0.25) is 0 Å². The third kappa shape index (κ3) is 8.96. The minimum Gasteiger partial charge on any atom is -0.462 e. The van der Waals surface area contributed by atoms with Gasteiger partial charge in [0.05, 0.1) is 13.2 Å². The van der Waals surface area contributed by atoms with Crippen molar-refractivity contribution in [3.05, 3.63) is 12.2 Å². The Morgan fingerprint density at radius 1 is 1.20 bits per heavy atom. The second-order valence-corrected chi connectivity index (χ2v) is 3.25. The molecule has 0 fully saturated rings. The molecule has 0 heterocycles. The van der Waals surface area contributed by atoms with E-state index in [1.165, 1.54) is 0 Å². The Hall–Kier alpha value is -1.36. The Balaban J connectivity index is 3.74. The van der Waals surface area contributed by atoms with Crippen LogP contribution in [0.25, 0.3) is 0 Å². The lowest BCUT2D eigenvalue weighted by atomic mass is 10.2. The number of hydrogen-bond acceptors (Lipinski definition) is 5. The van der Waals surface area contributed by atoms with E-state index in [4.69, 9.17) is 9.84 Å². The number of rotatable bonds is 6. The molecule has 0 spiro atoms. The first kappa shape index (κ1) is 13.6. The normalized spacial score (nSPS) is 10.7. The summed E-state index contributed by atoms with van der Waals surface area (Å²) >= 11 is 0. The fourth-order valence-corrected chi connectivity index (χ4v) is 0.627. The largest absolute Gasteiger partial charge is 0.462 e. The van der Waals surface area contributed by atoms with E-state index in [0.29, 0.717) is 6.61 Å². The Bertz CT molecular complexity index is 232. The zero-order valence-electron chi connectivity index (χ0n) is 8.93. The van der Waals surface area contributed by atoms with Crippen molar-refractivity contribution in [2.24, 2.45) is 5.92 Å². The maximum atomic E-state index is 11.0. The number of ether oxygens (including phenoxy) is 2.